The number of carbonyl (C=O) groups is 1. The zero-order valence-electron chi connectivity index (χ0n) is 10.2. The van der Waals surface area contributed by atoms with Gasteiger partial charge in [0, 0.05) is 11.2 Å². The third-order valence-corrected chi connectivity index (χ3v) is 3.91. The first-order valence-corrected chi connectivity index (χ1v) is 6.63. The van der Waals surface area contributed by atoms with Gasteiger partial charge in [0.05, 0.1) is 0 Å². The molecule has 0 radical (unpaired) electrons. The monoisotopic (exact) mass is 272 g/mol. The summed E-state index contributed by atoms with van der Waals surface area (Å²) in [5.74, 6) is 0.352. The number of Topliss-reactive ketones (excluding diaryl/α,β-unsaturated/α-hetero) is 1. The highest BCUT2D eigenvalue weighted by molar-refractivity contribution is 9.09. The lowest BCUT2D eigenvalue weighted by atomic mass is 9.78. The Labute approximate surface area is 101 Å². The molecule has 0 aromatic carbocycles. The fourth-order valence-electron chi connectivity index (χ4n) is 2.34. The molecule has 1 unspecified atom stereocenters. The van der Waals surface area contributed by atoms with Crippen molar-refractivity contribution in [2.75, 3.05) is 0 Å². The van der Waals surface area contributed by atoms with Gasteiger partial charge in [-0.1, -0.05) is 42.3 Å². The standard InChI is InChI=1S/C13H21BrO/c1-9(14)7-8-13(3,4)11-5-6-12(15)10(11)2/h9H,5-8H2,1-4H3. The minimum absolute atomic E-state index is 0.193. The van der Waals surface area contributed by atoms with Crippen molar-refractivity contribution in [2.45, 2.75) is 58.2 Å². The molecule has 1 atom stereocenters. The van der Waals surface area contributed by atoms with Crippen molar-refractivity contribution < 1.29 is 4.79 Å². The average molecular weight is 273 g/mol. The average Bonchev–Trinajstić information content (AvgIpc) is 2.45. The zero-order valence-corrected chi connectivity index (χ0v) is 11.8. The number of allylic oxidation sites excluding steroid dienone is 2. The smallest absolute Gasteiger partial charge is 0.158 e. The largest absolute Gasteiger partial charge is 0.295 e. The summed E-state index contributed by atoms with van der Waals surface area (Å²) in [6, 6.07) is 0. The minimum atomic E-state index is 0.193. The first-order valence-electron chi connectivity index (χ1n) is 5.72. The molecule has 0 heterocycles. The molecule has 0 fully saturated rings. The molecule has 0 aromatic rings. The van der Waals surface area contributed by atoms with E-state index in [4.69, 9.17) is 0 Å². The van der Waals surface area contributed by atoms with Gasteiger partial charge < -0.3 is 0 Å². The van der Waals surface area contributed by atoms with Crippen LogP contribution in [0.15, 0.2) is 11.1 Å². The maximum atomic E-state index is 11.5. The summed E-state index contributed by atoms with van der Waals surface area (Å²) >= 11 is 3.58. The Bertz CT molecular complexity index is 287. The summed E-state index contributed by atoms with van der Waals surface area (Å²) < 4.78 is 0. The van der Waals surface area contributed by atoms with E-state index in [0.717, 1.165) is 31.3 Å². The van der Waals surface area contributed by atoms with Gasteiger partial charge >= 0.3 is 0 Å². The van der Waals surface area contributed by atoms with Crippen LogP contribution in [0, 0.1) is 5.41 Å². The summed E-state index contributed by atoms with van der Waals surface area (Å²) in [6.45, 7) is 8.70. The van der Waals surface area contributed by atoms with E-state index in [1.54, 1.807) is 0 Å². The number of carbonyl (C=O) groups excluding carboxylic acids is 1. The van der Waals surface area contributed by atoms with Crippen molar-refractivity contribution in [1.82, 2.24) is 0 Å². The molecular weight excluding hydrogens is 252 g/mol. The normalized spacial score (nSPS) is 19.9. The third kappa shape index (κ3) is 3.17. The number of hydrogen-bond acceptors (Lipinski definition) is 1. The first-order chi connectivity index (χ1) is 6.84. The van der Waals surface area contributed by atoms with E-state index in [1.807, 2.05) is 6.92 Å². The van der Waals surface area contributed by atoms with E-state index in [1.165, 1.54) is 5.57 Å². The van der Waals surface area contributed by atoms with Gasteiger partial charge in [0.2, 0.25) is 0 Å². The quantitative estimate of drug-likeness (QED) is 0.699. The molecule has 0 spiro atoms. The van der Waals surface area contributed by atoms with Crippen LogP contribution in [-0.2, 0) is 4.79 Å². The molecule has 86 valence electrons. The van der Waals surface area contributed by atoms with Gasteiger partial charge in [0.25, 0.3) is 0 Å². The lowest BCUT2D eigenvalue weighted by Crippen LogP contribution is -2.16. The highest BCUT2D eigenvalue weighted by atomic mass is 79.9. The molecule has 0 saturated carbocycles. The fourth-order valence-corrected chi connectivity index (χ4v) is 2.57. The second-order valence-electron chi connectivity index (χ2n) is 5.23. The van der Waals surface area contributed by atoms with E-state index in [2.05, 4.69) is 36.7 Å². The van der Waals surface area contributed by atoms with Gasteiger partial charge in [0.1, 0.15) is 0 Å². The topological polar surface area (TPSA) is 17.1 Å². The second kappa shape index (κ2) is 4.82. The number of hydrogen-bond donors (Lipinski definition) is 0. The zero-order chi connectivity index (χ0) is 11.6. The Hall–Kier alpha value is -0.110. The van der Waals surface area contributed by atoms with Crippen LogP contribution < -0.4 is 0 Å². The van der Waals surface area contributed by atoms with Crippen molar-refractivity contribution in [1.29, 1.82) is 0 Å². The molecule has 0 amide bonds. The minimum Gasteiger partial charge on any atom is -0.295 e. The molecule has 0 saturated heterocycles. The molecule has 1 aliphatic carbocycles. The molecule has 0 aliphatic heterocycles. The van der Waals surface area contributed by atoms with Crippen molar-refractivity contribution >= 4 is 21.7 Å². The predicted molar refractivity (Wildman–Crippen MR) is 68.3 cm³/mol. The number of alkyl halides is 1. The van der Waals surface area contributed by atoms with Gasteiger partial charge in [-0.3, -0.25) is 4.79 Å². The van der Waals surface area contributed by atoms with Gasteiger partial charge in [-0.15, -0.1) is 0 Å². The van der Waals surface area contributed by atoms with E-state index in [9.17, 15) is 4.79 Å². The van der Waals surface area contributed by atoms with Crippen LogP contribution in [0.3, 0.4) is 0 Å². The van der Waals surface area contributed by atoms with Crippen LogP contribution in [0.2, 0.25) is 0 Å². The first kappa shape index (κ1) is 13.0. The van der Waals surface area contributed by atoms with Crippen LogP contribution in [-0.4, -0.2) is 10.6 Å². The maximum absolute atomic E-state index is 11.5. The molecule has 0 N–H and O–H groups in total. The molecular formula is C13H21BrO. The van der Waals surface area contributed by atoms with Gasteiger partial charge in [-0.05, 0) is 37.2 Å². The molecule has 1 rings (SSSR count). The summed E-state index contributed by atoms with van der Waals surface area (Å²) in [5.41, 5.74) is 2.61. The maximum Gasteiger partial charge on any atom is 0.158 e. The lowest BCUT2D eigenvalue weighted by Gasteiger charge is -2.28. The van der Waals surface area contributed by atoms with Crippen molar-refractivity contribution in [3.8, 4) is 0 Å². The Morgan fingerprint density at radius 1 is 1.40 bits per heavy atom. The van der Waals surface area contributed by atoms with Crippen LogP contribution in [0.5, 0.6) is 0 Å². The fraction of sp³-hybridized carbons (Fsp3) is 0.769. The number of rotatable bonds is 4. The second-order valence-corrected chi connectivity index (χ2v) is 6.79. The molecule has 0 aromatic heterocycles. The SMILES string of the molecule is CC1=C(C(C)(C)CCC(C)Br)CCC1=O. The number of ketones is 1. The number of halogens is 1. The molecule has 2 heteroatoms. The Balaban J connectivity index is 2.73. The van der Waals surface area contributed by atoms with Crippen molar-refractivity contribution in [3.63, 3.8) is 0 Å². The molecule has 1 aliphatic rings. The molecule has 15 heavy (non-hydrogen) atoms. The lowest BCUT2D eigenvalue weighted by molar-refractivity contribution is -0.114. The Morgan fingerprint density at radius 3 is 2.40 bits per heavy atom. The van der Waals surface area contributed by atoms with Crippen LogP contribution in [0.1, 0.15) is 53.4 Å². The van der Waals surface area contributed by atoms with Gasteiger partial charge in [-0.25, -0.2) is 0 Å². The van der Waals surface area contributed by atoms with Crippen LogP contribution in [0.4, 0.5) is 0 Å². The molecule has 1 nitrogen and oxygen atoms in total. The summed E-state index contributed by atoms with van der Waals surface area (Å²) in [5, 5.41) is 0. The van der Waals surface area contributed by atoms with Crippen LogP contribution >= 0.6 is 15.9 Å². The van der Waals surface area contributed by atoms with Crippen molar-refractivity contribution in [3.05, 3.63) is 11.1 Å². The van der Waals surface area contributed by atoms with E-state index in [0.29, 0.717) is 10.6 Å². The summed E-state index contributed by atoms with van der Waals surface area (Å²) in [7, 11) is 0. The Morgan fingerprint density at radius 2 is 2.00 bits per heavy atom. The van der Waals surface area contributed by atoms with Gasteiger partial charge in [-0.2, -0.15) is 0 Å². The van der Waals surface area contributed by atoms with Crippen molar-refractivity contribution in [2.24, 2.45) is 5.41 Å². The summed E-state index contributed by atoms with van der Waals surface area (Å²) in [6.07, 6.45) is 4.03. The summed E-state index contributed by atoms with van der Waals surface area (Å²) in [4.78, 5) is 12.1. The van der Waals surface area contributed by atoms with E-state index >= 15 is 0 Å². The van der Waals surface area contributed by atoms with E-state index in [-0.39, 0.29) is 5.41 Å². The van der Waals surface area contributed by atoms with E-state index < -0.39 is 0 Å². The van der Waals surface area contributed by atoms with Crippen LogP contribution in [0.25, 0.3) is 0 Å². The predicted octanol–water partition coefficient (Wildman–Crippen LogP) is 4.26. The Kier molecular flexibility index (Phi) is 4.16. The van der Waals surface area contributed by atoms with Gasteiger partial charge in [0.15, 0.2) is 5.78 Å². The highest BCUT2D eigenvalue weighted by Gasteiger charge is 2.31. The molecule has 0 bridgehead atoms. The highest BCUT2D eigenvalue weighted by Crippen LogP contribution is 2.41. The third-order valence-electron chi connectivity index (χ3n) is 3.46.